The highest BCUT2D eigenvalue weighted by atomic mass is 35.5. The Hall–Kier alpha value is -1.06. The minimum atomic E-state index is -0.384. The lowest BCUT2D eigenvalue weighted by molar-refractivity contribution is -0.128. The number of carbonyl (C=O) groups is 1. The van der Waals surface area contributed by atoms with Gasteiger partial charge in [0.1, 0.15) is 0 Å². The van der Waals surface area contributed by atoms with Crippen LogP contribution in [0.4, 0.5) is 0 Å². The first kappa shape index (κ1) is 16.3. The predicted molar refractivity (Wildman–Crippen MR) is 87.8 cm³/mol. The first-order valence-electron chi connectivity index (χ1n) is 7.83. The van der Waals surface area contributed by atoms with Gasteiger partial charge in [0.2, 0.25) is 5.91 Å². The molecule has 0 spiro atoms. The van der Waals surface area contributed by atoms with Gasteiger partial charge in [0.15, 0.2) is 0 Å². The molecule has 0 saturated carbocycles. The highest BCUT2D eigenvalue weighted by Crippen LogP contribution is 2.30. The second-order valence-corrected chi connectivity index (χ2v) is 6.33. The van der Waals surface area contributed by atoms with Gasteiger partial charge in [0.25, 0.3) is 0 Å². The zero-order valence-corrected chi connectivity index (χ0v) is 13.5. The van der Waals surface area contributed by atoms with E-state index in [9.17, 15) is 4.79 Å². The van der Waals surface area contributed by atoms with E-state index in [2.05, 4.69) is 34.9 Å². The van der Waals surface area contributed by atoms with Crippen LogP contribution in [0.1, 0.15) is 56.2 Å². The molecule has 3 rings (SSSR count). The Morgan fingerprint density at radius 1 is 1.29 bits per heavy atom. The maximum Gasteiger partial charge on any atom is 0.240 e. The number of hydrogen-bond acceptors (Lipinski definition) is 2. The summed E-state index contributed by atoms with van der Waals surface area (Å²) in [7, 11) is 0. The molecular formula is C17H25ClN2O. The van der Waals surface area contributed by atoms with Crippen molar-refractivity contribution in [2.75, 3.05) is 6.54 Å². The number of nitrogens with one attached hydrogen (secondary N) is 2. The molecule has 3 nitrogen and oxygen atoms in total. The Balaban J connectivity index is 0.00000161. The van der Waals surface area contributed by atoms with Gasteiger partial charge in [-0.1, -0.05) is 24.3 Å². The molecule has 2 unspecified atom stereocenters. The Kier molecular flexibility index (Phi) is 5.28. The summed E-state index contributed by atoms with van der Waals surface area (Å²) in [4.78, 5) is 12.6. The molecule has 1 saturated heterocycles. The third-order valence-corrected chi connectivity index (χ3v) is 4.79. The van der Waals surface area contributed by atoms with Crippen molar-refractivity contribution >= 4 is 18.3 Å². The third-order valence-electron chi connectivity index (χ3n) is 4.79. The molecule has 1 aliphatic heterocycles. The zero-order chi connectivity index (χ0) is 14.0. The second-order valence-electron chi connectivity index (χ2n) is 6.33. The van der Waals surface area contributed by atoms with Crippen LogP contribution in [-0.2, 0) is 11.2 Å². The molecule has 0 aromatic heterocycles. The fourth-order valence-electron chi connectivity index (χ4n) is 3.47. The summed E-state index contributed by atoms with van der Waals surface area (Å²) < 4.78 is 0. The van der Waals surface area contributed by atoms with Gasteiger partial charge in [-0.2, -0.15) is 0 Å². The fourth-order valence-corrected chi connectivity index (χ4v) is 3.47. The van der Waals surface area contributed by atoms with Crippen LogP contribution < -0.4 is 10.6 Å². The summed E-state index contributed by atoms with van der Waals surface area (Å²) >= 11 is 0. The van der Waals surface area contributed by atoms with Crippen molar-refractivity contribution in [3.63, 3.8) is 0 Å². The van der Waals surface area contributed by atoms with Crippen LogP contribution in [0.25, 0.3) is 0 Å². The number of rotatable bonds is 2. The van der Waals surface area contributed by atoms with E-state index in [-0.39, 0.29) is 29.9 Å². The van der Waals surface area contributed by atoms with Crippen LogP contribution in [0.15, 0.2) is 24.3 Å². The zero-order valence-electron chi connectivity index (χ0n) is 12.7. The number of piperidine rings is 1. The predicted octanol–water partition coefficient (Wildman–Crippen LogP) is 3.13. The van der Waals surface area contributed by atoms with Crippen LogP contribution in [0, 0.1) is 0 Å². The van der Waals surface area contributed by atoms with E-state index < -0.39 is 0 Å². The van der Waals surface area contributed by atoms with E-state index in [1.165, 1.54) is 17.5 Å². The van der Waals surface area contributed by atoms with Crippen LogP contribution in [0.3, 0.4) is 0 Å². The summed E-state index contributed by atoms with van der Waals surface area (Å²) in [6.07, 6.45) is 6.60. The molecule has 0 bridgehead atoms. The van der Waals surface area contributed by atoms with Crippen LogP contribution in [0.2, 0.25) is 0 Å². The standard InChI is InChI=1S/C17H24N2O.ClH/c1-17(11-4-5-12-18-17)16(20)19-15-10-6-8-13-7-2-3-9-14(13)15;/h2-3,7,9,15,18H,4-6,8,10-12H2,1H3,(H,19,20);1H. The van der Waals surface area contributed by atoms with Crippen LogP contribution >= 0.6 is 12.4 Å². The minimum absolute atomic E-state index is 0. The Morgan fingerprint density at radius 2 is 2.10 bits per heavy atom. The second kappa shape index (κ2) is 6.80. The van der Waals surface area contributed by atoms with Gasteiger partial charge < -0.3 is 10.6 Å². The Labute approximate surface area is 133 Å². The number of amides is 1. The summed E-state index contributed by atoms with van der Waals surface area (Å²) in [5.41, 5.74) is 2.32. The summed E-state index contributed by atoms with van der Waals surface area (Å²) in [6.45, 7) is 2.99. The maximum absolute atomic E-state index is 12.6. The average molecular weight is 309 g/mol. The van der Waals surface area contributed by atoms with Gasteiger partial charge >= 0.3 is 0 Å². The summed E-state index contributed by atoms with van der Waals surface area (Å²) in [5.74, 6) is 0.166. The van der Waals surface area contributed by atoms with Gasteiger partial charge in [-0.15, -0.1) is 12.4 Å². The number of benzene rings is 1. The number of aryl methyl sites for hydroxylation is 1. The smallest absolute Gasteiger partial charge is 0.240 e. The van der Waals surface area contributed by atoms with Gasteiger partial charge in [0, 0.05) is 0 Å². The quantitative estimate of drug-likeness (QED) is 0.881. The number of halogens is 1. The molecule has 2 aliphatic rings. The summed E-state index contributed by atoms with van der Waals surface area (Å²) in [6, 6.07) is 8.70. The molecule has 2 N–H and O–H groups in total. The first-order chi connectivity index (χ1) is 9.69. The highest BCUT2D eigenvalue weighted by Gasteiger charge is 2.35. The topological polar surface area (TPSA) is 41.1 Å². The monoisotopic (exact) mass is 308 g/mol. The lowest BCUT2D eigenvalue weighted by Gasteiger charge is -2.36. The third kappa shape index (κ3) is 3.41. The molecule has 1 fully saturated rings. The van der Waals surface area contributed by atoms with Crippen molar-refractivity contribution < 1.29 is 4.79 Å². The number of fused-ring (bicyclic) bond motifs is 1. The van der Waals surface area contributed by atoms with Crippen molar-refractivity contribution in [2.24, 2.45) is 0 Å². The molecule has 2 atom stereocenters. The summed E-state index contributed by atoms with van der Waals surface area (Å²) in [5, 5.41) is 6.68. The van der Waals surface area contributed by atoms with Gasteiger partial charge in [-0.3, -0.25) is 4.79 Å². The largest absolute Gasteiger partial charge is 0.348 e. The lowest BCUT2D eigenvalue weighted by Crippen LogP contribution is -2.57. The van der Waals surface area contributed by atoms with E-state index in [4.69, 9.17) is 0 Å². The average Bonchev–Trinajstić information content (AvgIpc) is 2.48. The maximum atomic E-state index is 12.6. The molecule has 1 heterocycles. The van der Waals surface area contributed by atoms with Gasteiger partial charge in [-0.25, -0.2) is 0 Å². The van der Waals surface area contributed by atoms with E-state index in [1.807, 2.05) is 6.92 Å². The van der Waals surface area contributed by atoms with Crippen molar-refractivity contribution in [1.29, 1.82) is 0 Å². The number of carbonyl (C=O) groups excluding carboxylic acids is 1. The van der Waals surface area contributed by atoms with E-state index in [0.717, 1.165) is 38.6 Å². The van der Waals surface area contributed by atoms with Crippen molar-refractivity contribution in [2.45, 2.75) is 57.0 Å². The van der Waals surface area contributed by atoms with Crippen molar-refractivity contribution in [3.05, 3.63) is 35.4 Å². The van der Waals surface area contributed by atoms with E-state index in [0.29, 0.717) is 0 Å². The molecule has 116 valence electrons. The molecule has 1 aliphatic carbocycles. The molecular weight excluding hydrogens is 284 g/mol. The van der Waals surface area contributed by atoms with E-state index in [1.54, 1.807) is 0 Å². The van der Waals surface area contributed by atoms with E-state index >= 15 is 0 Å². The molecule has 4 heteroatoms. The van der Waals surface area contributed by atoms with Gasteiger partial charge in [0.05, 0.1) is 11.6 Å². The highest BCUT2D eigenvalue weighted by molar-refractivity contribution is 5.86. The molecule has 21 heavy (non-hydrogen) atoms. The number of hydrogen-bond donors (Lipinski definition) is 2. The van der Waals surface area contributed by atoms with Crippen LogP contribution in [-0.4, -0.2) is 18.0 Å². The van der Waals surface area contributed by atoms with Crippen molar-refractivity contribution in [1.82, 2.24) is 10.6 Å². The Morgan fingerprint density at radius 3 is 2.86 bits per heavy atom. The lowest BCUT2D eigenvalue weighted by atomic mass is 9.85. The van der Waals surface area contributed by atoms with Gasteiger partial charge in [-0.05, 0) is 63.1 Å². The minimum Gasteiger partial charge on any atom is -0.348 e. The normalized spacial score (nSPS) is 28.1. The fraction of sp³-hybridized carbons (Fsp3) is 0.588. The molecule has 1 aromatic rings. The molecule has 0 radical (unpaired) electrons. The molecule has 1 amide bonds. The SMILES string of the molecule is CC1(C(=O)NC2CCCc3ccccc32)CCCCN1.Cl. The van der Waals surface area contributed by atoms with Crippen molar-refractivity contribution in [3.8, 4) is 0 Å². The molecule has 1 aromatic carbocycles. The van der Waals surface area contributed by atoms with Crippen LogP contribution in [0.5, 0.6) is 0 Å². The first-order valence-corrected chi connectivity index (χ1v) is 7.83. The Bertz CT molecular complexity index is 497.